The molecule has 0 spiro atoms. The Bertz CT molecular complexity index is 663. The Hall–Kier alpha value is -1.36. The molecule has 0 heterocycles. The zero-order valence-corrected chi connectivity index (χ0v) is 14.7. The smallest absolute Gasteiger partial charge is 0.0406 e. The Labute approximate surface area is 139 Å². The van der Waals surface area contributed by atoms with Crippen LogP contribution < -0.4 is 10.6 Å². The van der Waals surface area contributed by atoms with Crippen LogP contribution in [-0.4, -0.2) is 0 Å². The largest absolute Gasteiger partial charge is 0.0843 e. The quantitative estimate of drug-likeness (QED) is 0.634. The highest BCUT2D eigenvalue weighted by atomic mass is 35.5. The van der Waals surface area contributed by atoms with Crippen molar-refractivity contribution in [2.24, 2.45) is 0 Å². The summed E-state index contributed by atoms with van der Waals surface area (Å²) in [6.07, 6.45) is 6.94. The van der Waals surface area contributed by atoms with E-state index in [2.05, 4.69) is 62.4 Å². The van der Waals surface area contributed by atoms with Gasteiger partial charge in [0.1, 0.15) is 0 Å². The van der Waals surface area contributed by atoms with Crippen LogP contribution in [0.5, 0.6) is 0 Å². The summed E-state index contributed by atoms with van der Waals surface area (Å²) in [5, 5.41) is 5.15. The van der Waals surface area contributed by atoms with Crippen molar-refractivity contribution in [3.8, 4) is 0 Å². The molecule has 0 radical (unpaired) electrons. The molecule has 0 fully saturated rings. The number of halogens is 1. The molecule has 0 N–H and O–H groups in total. The van der Waals surface area contributed by atoms with Crippen LogP contribution in [-0.2, 0) is 0 Å². The molecule has 1 unspecified atom stereocenters. The number of hydrogen-bond donors (Lipinski definition) is 0. The fourth-order valence-corrected chi connectivity index (χ4v) is 5.22. The summed E-state index contributed by atoms with van der Waals surface area (Å²) >= 11 is 6.07. The first-order chi connectivity index (χ1) is 10.6. The van der Waals surface area contributed by atoms with Gasteiger partial charge in [0, 0.05) is 5.02 Å². The number of rotatable bonds is 3. The van der Waals surface area contributed by atoms with E-state index in [9.17, 15) is 0 Å². The molecular weight excluding hydrogens is 307 g/mol. The van der Waals surface area contributed by atoms with Gasteiger partial charge in [0.05, 0.1) is 0 Å². The van der Waals surface area contributed by atoms with Crippen LogP contribution in [0.4, 0.5) is 0 Å². The van der Waals surface area contributed by atoms with Gasteiger partial charge in [-0.2, -0.15) is 0 Å². The van der Waals surface area contributed by atoms with Crippen molar-refractivity contribution in [2.75, 3.05) is 0 Å². The van der Waals surface area contributed by atoms with E-state index in [0.717, 1.165) is 11.4 Å². The van der Waals surface area contributed by atoms with Gasteiger partial charge < -0.3 is 0 Å². The lowest BCUT2D eigenvalue weighted by Gasteiger charge is -2.24. The Morgan fingerprint density at radius 3 is 1.91 bits per heavy atom. The Morgan fingerprint density at radius 1 is 0.773 bits per heavy atom. The van der Waals surface area contributed by atoms with E-state index in [-0.39, 0.29) is 0 Å². The molecule has 0 aliphatic heterocycles. The van der Waals surface area contributed by atoms with Gasteiger partial charge in [-0.15, -0.1) is 0 Å². The van der Waals surface area contributed by atoms with Gasteiger partial charge in [-0.05, 0) is 62.7 Å². The third kappa shape index (κ3) is 3.51. The highest BCUT2D eigenvalue weighted by Crippen LogP contribution is 2.47. The molecule has 1 atom stereocenters. The molecule has 3 rings (SSSR count). The van der Waals surface area contributed by atoms with E-state index in [4.69, 9.17) is 11.6 Å². The van der Waals surface area contributed by atoms with E-state index < -0.39 is 7.92 Å². The van der Waals surface area contributed by atoms with Crippen molar-refractivity contribution in [3.05, 3.63) is 82.2 Å². The van der Waals surface area contributed by atoms with Gasteiger partial charge >= 0.3 is 0 Å². The predicted molar refractivity (Wildman–Crippen MR) is 99.9 cm³/mol. The van der Waals surface area contributed by atoms with Crippen LogP contribution in [0.25, 0.3) is 0 Å². The number of allylic oxidation sites excluding steroid dienone is 4. The maximum absolute atomic E-state index is 6.07. The van der Waals surface area contributed by atoms with Crippen molar-refractivity contribution in [2.45, 2.75) is 26.7 Å². The summed E-state index contributed by atoms with van der Waals surface area (Å²) in [4.78, 5) is 0. The van der Waals surface area contributed by atoms with E-state index in [0.29, 0.717) is 0 Å². The van der Waals surface area contributed by atoms with Crippen LogP contribution in [0.2, 0.25) is 5.02 Å². The average Bonchev–Trinajstić information content (AvgIpc) is 2.53. The summed E-state index contributed by atoms with van der Waals surface area (Å²) in [6.45, 7) is 4.35. The summed E-state index contributed by atoms with van der Waals surface area (Å²) < 4.78 is 0. The van der Waals surface area contributed by atoms with Crippen LogP contribution in [0.3, 0.4) is 0 Å². The second-order valence-electron chi connectivity index (χ2n) is 5.82. The van der Waals surface area contributed by atoms with Gasteiger partial charge in [0.15, 0.2) is 0 Å². The monoisotopic (exact) mass is 326 g/mol. The Morgan fingerprint density at radius 2 is 1.36 bits per heavy atom. The summed E-state index contributed by atoms with van der Waals surface area (Å²) in [5.41, 5.74) is 2.78. The maximum Gasteiger partial charge on any atom is 0.0406 e. The lowest BCUT2D eigenvalue weighted by atomic mass is 10.1. The average molecular weight is 327 g/mol. The number of aryl methyl sites for hydroxylation is 1. The summed E-state index contributed by atoms with van der Waals surface area (Å²) in [7, 11) is -0.455. The second kappa shape index (κ2) is 6.82. The van der Waals surface area contributed by atoms with Crippen LogP contribution in [0, 0.1) is 6.92 Å². The molecule has 0 nitrogen and oxygen atoms in total. The second-order valence-corrected chi connectivity index (χ2v) is 8.53. The fraction of sp³-hybridized carbons (Fsp3) is 0.200. The molecule has 0 saturated heterocycles. The molecule has 2 aromatic carbocycles. The van der Waals surface area contributed by atoms with E-state index in [1.807, 2.05) is 12.1 Å². The minimum atomic E-state index is -0.455. The lowest BCUT2D eigenvalue weighted by molar-refractivity contribution is 0.948. The first-order valence-corrected chi connectivity index (χ1v) is 9.34. The van der Waals surface area contributed by atoms with Crippen LogP contribution in [0.15, 0.2) is 71.6 Å². The van der Waals surface area contributed by atoms with E-state index in [1.165, 1.54) is 28.2 Å². The van der Waals surface area contributed by atoms with Crippen molar-refractivity contribution < 1.29 is 0 Å². The Kier molecular flexibility index (Phi) is 4.81. The van der Waals surface area contributed by atoms with Crippen LogP contribution >= 0.6 is 19.5 Å². The van der Waals surface area contributed by atoms with Gasteiger partial charge in [0.25, 0.3) is 0 Å². The van der Waals surface area contributed by atoms with Crippen molar-refractivity contribution in [3.63, 3.8) is 0 Å². The van der Waals surface area contributed by atoms with Crippen molar-refractivity contribution >= 4 is 30.1 Å². The summed E-state index contributed by atoms with van der Waals surface area (Å²) in [5.74, 6) is 0. The molecule has 112 valence electrons. The highest BCUT2D eigenvalue weighted by molar-refractivity contribution is 7.76. The molecule has 22 heavy (non-hydrogen) atoms. The molecule has 2 heteroatoms. The van der Waals surface area contributed by atoms with Gasteiger partial charge in [0.2, 0.25) is 0 Å². The molecule has 0 amide bonds. The zero-order chi connectivity index (χ0) is 15.5. The fourth-order valence-electron chi connectivity index (χ4n) is 2.68. The predicted octanol–water partition coefficient (Wildman–Crippen LogP) is 5.71. The maximum atomic E-state index is 6.07. The minimum absolute atomic E-state index is 0.455. The standard InChI is InChI=1S/C20H20ClP/c1-15-3-9-18(10-4-15)22(19-11-5-16(2)6-12-19)20-13-7-17(21)8-14-20/h3-5,7-11,13-14H,6,12H2,1-2H3. The molecule has 0 saturated carbocycles. The third-order valence-electron chi connectivity index (χ3n) is 4.00. The molecular formula is C20H20ClP. The number of hydrogen-bond acceptors (Lipinski definition) is 0. The van der Waals surface area contributed by atoms with Crippen molar-refractivity contribution in [1.82, 2.24) is 0 Å². The molecule has 0 aromatic heterocycles. The SMILES string of the molecule is CC1=CC=C(P(c2ccc(C)cc2)c2ccc(Cl)cc2)CC1. The molecule has 2 aromatic rings. The zero-order valence-electron chi connectivity index (χ0n) is 13.0. The highest BCUT2D eigenvalue weighted by Gasteiger charge is 2.19. The third-order valence-corrected chi connectivity index (χ3v) is 6.83. The van der Waals surface area contributed by atoms with Gasteiger partial charge in [-0.25, -0.2) is 0 Å². The van der Waals surface area contributed by atoms with Gasteiger partial charge in [-0.3, -0.25) is 0 Å². The first-order valence-electron chi connectivity index (χ1n) is 7.62. The van der Waals surface area contributed by atoms with Gasteiger partial charge in [-0.1, -0.05) is 71.3 Å². The minimum Gasteiger partial charge on any atom is -0.0843 e. The number of benzene rings is 2. The topological polar surface area (TPSA) is 0 Å². The molecule has 1 aliphatic carbocycles. The molecule has 0 bridgehead atoms. The normalized spacial score (nSPS) is 16.0. The Balaban J connectivity index is 2.06. The first kappa shape index (κ1) is 15.5. The van der Waals surface area contributed by atoms with Crippen molar-refractivity contribution in [1.29, 1.82) is 0 Å². The summed E-state index contributed by atoms with van der Waals surface area (Å²) in [6, 6.07) is 17.4. The van der Waals surface area contributed by atoms with E-state index in [1.54, 1.807) is 5.31 Å². The molecule has 1 aliphatic rings. The lowest BCUT2D eigenvalue weighted by Crippen LogP contribution is -2.14. The van der Waals surface area contributed by atoms with E-state index >= 15 is 0 Å². The van der Waals surface area contributed by atoms with Crippen LogP contribution in [0.1, 0.15) is 25.3 Å².